The zero-order chi connectivity index (χ0) is 27.4. The standard InChI is InChI=1S/C25H17ClFN5O5S/c1-11-20(26)24(32-25(27)29-11)31-13-8-6-12(7-9-13)30-16-10-17(38(35,36)37)21(28)19-18(16)22(33)14-4-2-3-5-15(14)23(19)34/h2-10,30H,28H2,1H3,(H,29,31,32)(H,35,36,37). The number of halogens is 2. The predicted octanol–water partition coefficient (Wildman–Crippen LogP) is 4.67. The van der Waals surface area contributed by atoms with Crippen molar-refractivity contribution in [2.24, 2.45) is 0 Å². The Morgan fingerprint density at radius 3 is 2.05 bits per heavy atom. The number of nitrogens with two attached hydrogens (primary N) is 1. The van der Waals surface area contributed by atoms with Crippen molar-refractivity contribution < 1.29 is 27.0 Å². The van der Waals surface area contributed by atoms with Gasteiger partial charge in [-0.25, -0.2) is 4.98 Å². The van der Waals surface area contributed by atoms with Gasteiger partial charge in [-0.2, -0.15) is 17.8 Å². The molecule has 1 aliphatic carbocycles. The van der Waals surface area contributed by atoms with Crippen LogP contribution in [0.1, 0.15) is 37.5 Å². The van der Waals surface area contributed by atoms with Gasteiger partial charge in [-0.1, -0.05) is 35.9 Å². The van der Waals surface area contributed by atoms with Crippen molar-refractivity contribution in [3.63, 3.8) is 0 Å². The van der Waals surface area contributed by atoms with Crippen LogP contribution in [0.15, 0.2) is 59.5 Å². The van der Waals surface area contributed by atoms with Gasteiger partial charge in [-0.05, 0) is 37.3 Å². The smallest absolute Gasteiger partial charge is 0.310 e. The largest absolute Gasteiger partial charge is 0.397 e. The number of aryl methyl sites for hydroxylation is 1. The molecule has 38 heavy (non-hydrogen) atoms. The van der Waals surface area contributed by atoms with Gasteiger partial charge in [0.05, 0.1) is 28.2 Å². The van der Waals surface area contributed by atoms with Crippen molar-refractivity contribution in [1.82, 2.24) is 9.97 Å². The SMILES string of the molecule is Cc1nc(F)nc(Nc2ccc(Nc3cc(S(=O)(=O)O)c(N)c4c3C(=O)c3ccccc3C4=O)cc2)c1Cl. The highest BCUT2D eigenvalue weighted by molar-refractivity contribution is 7.86. The van der Waals surface area contributed by atoms with Crippen molar-refractivity contribution in [3.8, 4) is 0 Å². The molecule has 4 aromatic rings. The predicted molar refractivity (Wildman–Crippen MR) is 139 cm³/mol. The highest BCUT2D eigenvalue weighted by atomic mass is 35.5. The van der Waals surface area contributed by atoms with E-state index in [1.54, 1.807) is 36.4 Å². The Hall–Kier alpha value is -4.39. The number of aromatic nitrogens is 2. The number of hydrogen-bond acceptors (Lipinski definition) is 9. The number of ketones is 2. The number of anilines is 5. The van der Waals surface area contributed by atoms with Crippen LogP contribution in [0.2, 0.25) is 5.02 Å². The fourth-order valence-electron chi connectivity index (χ4n) is 4.14. The molecule has 1 aliphatic rings. The number of nitrogens with one attached hydrogen (secondary N) is 2. The van der Waals surface area contributed by atoms with Crippen LogP contribution in [-0.2, 0) is 10.1 Å². The van der Waals surface area contributed by atoms with E-state index in [0.717, 1.165) is 6.07 Å². The average Bonchev–Trinajstić information content (AvgIpc) is 2.86. The summed E-state index contributed by atoms with van der Waals surface area (Å²) in [5, 5.41) is 5.95. The first kappa shape index (κ1) is 25.3. The number of rotatable bonds is 5. The second kappa shape index (κ2) is 9.17. The van der Waals surface area contributed by atoms with Gasteiger partial charge in [0.25, 0.3) is 10.1 Å². The third kappa shape index (κ3) is 4.34. The van der Waals surface area contributed by atoms with Crippen LogP contribution >= 0.6 is 11.6 Å². The van der Waals surface area contributed by atoms with Crippen molar-refractivity contribution in [2.75, 3.05) is 16.4 Å². The first-order valence-corrected chi connectivity index (χ1v) is 12.7. The van der Waals surface area contributed by atoms with Crippen LogP contribution in [0.25, 0.3) is 0 Å². The van der Waals surface area contributed by atoms with Crippen LogP contribution in [0.4, 0.5) is 33.0 Å². The molecule has 1 heterocycles. The number of fused-ring (bicyclic) bond motifs is 2. The van der Waals surface area contributed by atoms with Crippen LogP contribution in [-0.4, -0.2) is 34.5 Å². The van der Waals surface area contributed by atoms with E-state index in [-0.39, 0.29) is 44.5 Å². The zero-order valence-corrected chi connectivity index (χ0v) is 21.0. The van der Waals surface area contributed by atoms with Gasteiger partial charge in [-0.3, -0.25) is 14.1 Å². The van der Waals surface area contributed by atoms with E-state index in [4.69, 9.17) is 17.3 Å². The van der Waals surface area contributed by atoms with E-state index in [9.17, 15) is 27.0 Å². The Morgan fingerprint density at radius 1 is 0.921 bits per heavy atom. The molecule has 1 aromatic heterocycles. The Kier molecular flexibility index (Phi) is 6.10. The Balaban J connectivity index is 1.56. The van der Waals surface area contributed by atoms with Crippen LogP contribution in [0.5, 0.6) is 0 Å². The van der Waals surface area contributed by atoms with Crippen molar-refractivity contribution in [1.29, 1.82) is 0 Å². The topological polar surface area (TPSA) is 164 Å². The number of hydrogen-bond donors (Lipinski definition) is 4. The summed E-state index contributed by atoms with van der Waals surface area (Å²) < 4.78 is 47.5. The first-order chi connectivity index (χ1) is 18.0. The fourth-order valence-corrected chi connectivity index (χ4v) is 4.92. The Morgan fingerprint density at radius 2 is 1.47 bits per heavy atom. The first-order valence-electron chi connectivity index (χ1n) is 10.9. The molecule has 0 unspecified atom stereocenters. The second-order valence-electron chi connectivity index (χ2n) is 8.33. The molecule has 192 valence electrons. The summed E-state index contributed by atoms with van der Waals surface area (Å²) in [6.07, 6.45) is -0.948. The average molecular weight is 554 g/mol. The number of nitrogen functional groups attached to an aromatic ring is 1. The summed E-state index contributed by atoms with van der Waals surface area (Å²) in [6, 6.07) is 13.4. The lowest BCUT2D eigenvalue weighted by Crippen LogP contribution is -2.25. The van der Waals surface area contributed by atoms with E-state index >= 15 is 0 Å². The molecule has 0 radical (unpaired) electrons. The molecule has 0 saturated heterocycles. The zero-order valence-electron chi connectivity index (χ0n) is 19.4. The molecule has 0 bridgehead atoms. The molecule has 0 atom stereocenters. The van der Waals surface area contributed by atoms with E-state index in [2.05, 4.69) is 20.6 Å². The van der Waals surface area contributed by atoms with Gasteiger partial charge in [-0.15, -0.1) is 0 Å². The lowest BCUT2D eigenvalue weighted by molar-refractivity contribution is 0.0980. The third-order valence-electron chi connectivity index (χ3n) is 5.89. The molecule has 5 N–H and O–H groups in total. The summed E-state index contributed by atoms with van der Waals surface area (Å²) in [5.41, 5.74) is 6.30. The highest BCUT2D eigenvalue weighted by Gasteiger charge is 2.36. The Bertz CT molecular complexity index is 1780. The second-order valence-corrected chi connectivity index (χ2v) is 10.1. The number of nitrogens with zero attached hydrogens (tertiary/aromatic N) is 2. The minimum atomic E-state index is -4.85. The maximum Gasteiger partial charge on any atom is 0.310 e. The third-order valence-corrected chi connectivity index (χ3v) is 7.24. The molecular formula is C25H17ClFN5O5S. The molecule has 0 fully saturated rings. The number of carbonyl (C=O) groups excluding carboxylic acids is 2. The van der Waals surface area contributed by atoms with Gasteiger partial charge in [0.2, 0.25) is 0 Å². The monoisotopic (exact) mass is 553 g/mol. The van der Waals surface area contributed by atoms with Crippen molar-refractivity contribution >= 4 is 61.9 Å². The highest BCUT2D eigenvalue weighted by Crippen LogP contribution is 2.40. The van der Waals surface area contributed by atoms with Gasteiger partial charge in [0, 0.05) is 22.5 Å². The van der Waals surface area contributed by atoms with Crippen LogP contribution in [0.3, 0.4) is 0 Å². The van der Waals surface area contributed by atoms with Gasteiger partial charge in [0.1, 0.15) is 9.92 Å². The van der Waals surface area contributed by atoms with E-state index < -0.39 is 38.3 Å². The van der Waals surface area contributed by atoms with E-state index in [0.29, 0.717) is 11.4 Å². The summed E-state index contributed by atoms with van der Waals surface area (Å²) in [4.78, 5) is 33.1. The minimum absolute atomic E-state index is 0.0491. The lowest BCUT2D eigenvalue weighted by Gasteiger charge is -2.23. The molecule has 3 aromatic carbocycles. The maximum atomic E-state index is 13.6. The van der Waals surface area contributed by atoms with E-state index in [1.807, 2.05) is 0 Å². The molecule has 0 saturated carbocycles. The Labute approximate surface area is 220 Å². The fraction of sp³-hybridized carbons (Fsp3) is 0.0400. The number of carbonyl (C=O) groups is 2. The molecule has 0 aliphatic heterocycles. The molecular weight excluding hydrogens is 537 g/mol. The molecule has 0 spiro atoms. The molecule has 10 nitrogen and oxygen atoms in total. The van der Waals surface area contributed by atoms with Crippen molar-refractivity contribution in [2.45, 2.75) is 11.8 Å². The summed E-state index contributed by atoms with van der Waals surface area (Å²) in [7, 11) is -4.85. The summed E-state index contributed by atoms with van der Waals surface area (Å²) in [6.45, 7) is 1.53. The van der Waals surface area contributed by atoms with Crippen LogP contribution < -0.4 is 16.4 Å². The molecule has 5 rings (SSSR count). The minimum Gasteiger partial charge on any atom is -0.397 e. The van der Waals surface area contributed by atoms with Crippen LogP contribution in [0, 0.1) is 13.0 Å². The van der Waals surface area contributed by atoms with Crippen molar-refractivity contribution in [3.05, 3.63) is 93.6 Å². The molecule has 13 heteroatoms. The maximum absolute atomic E-state index is 13.6. The summed E-state index contributed by atoms with van der Waals surface area (Å²) >= 11 is 6.14. The van der Waals surface area contributed by atoms with Gasteiger partial charge >= 0.3 is 6.08 Å². The summed E-state index contributed by atoms with van der Waals surface area (Å²) in [5.74, 6) is -1.13. The lowest BCUT2D eigenvalue weighted by atomic mass is 9.82. The number of benzene rings is 3. The quantitative estimate of drug-likeness (QED) is 0.136. The molecule has 0 amide bonds. The normalized spacial score (nSPS) is 12.6. The van der Waals surface area contributed by atoms with E-state index in [1.165, 1.54) is 19.1 Å². The van der Waals surface area contributed by atoms with Gasteiger partial charge in [0.15, 0.2) is 17.4 Å². The van der Waals surface area contributed by atoms with Gasteiger partial charge < -0.3 is 16.4 Å².